The van der Waals surface area contributed by atoms with Gasteiger partial charge in [0.2, 0.25) is 5.91 Å². The number of carbonyl (C=O) groups excluding carboxylic acids is 1. The molecule has 0 heterocycles. The molecule has 28 heavy (non-hydrogen) atoms. The summed E-state index contributed by atoms with van der Waals surface area (Å²) in [6, 6.07) is 7.71. The van der Waals surface area contributed by atoms with Gasteiger partial charge in [0, 0.05) is 20.1 Å². The van der Waals surface area contributed by atoms with Crippen LogP contribution in [-0.2, 0) is 25.7 Å². The van der Waals surface area contributed by atoms with Crippen LogP contribution in [0.25, 0.3) is 0 Å². The highest BCUT2D eigenvalue weighted by atomic mass is 16.7. The molecular weight excluding hydrogens is 362 g/mol. The fraction of sp³-hybridized carbons (Fsp3) is 0.571. The normalized spacial score (nSPS) is 15.0. The number of methoxy groups -OCH3 is 2. The monoisotopic (exact) mass is 395 g/mol. The third kappa shape index (κ3) is 7.59. The molecule has 0 aliphatic rings. The molecule has 0 bridgehead atoms. The maximum Gasteiger partial charge on any atom is 0.248 e. The standard InChI is InChI=1S/C21H33NO6/c1-15(11-12-28-14-17-7-9-18(25-4)10-8-17)21(26-5)16(2)19(23)13-20(24)22(3)27-6/h7-11,16,19,21,23H,12-14H2,1-6H3/b15-11+/t16-,19-,21-/m0/s1. The van der Waals surface area contributed by atoms with Crippen LogP contribution in [0.1, 0.15) is 25.8 Å². The fourth-order valence-electron chi connectivity index (χ4n) is 2.82. The molecule has 0 unspecified atom stereocenters. The number of hydrogen-bond donors (Lipinski definition) is 1. The molecule has 0 aliphatic carbocycles. The van der Waals surface area contributed by atoms with Gasteiger partial charge in [-0.05, 0) is 30.2 Å². The van der Waals surface area contributed by atoms with E-state index in [-0.39, 0.29) is 24.3 Å². The van der Waals surface area contributed by atoms with Gasteiger partial charge in [-0.1, -0.05) is 25.1 Å². The minimum absolute atomic E-state index is 0.0351. The van der Waals surface area contributed by atoms with E-state index in [1.807, 2.05) is 44.2 Å². The first-order chi connectivity index (χ1) is 13.3. The summed E-state index contributed by atoms with van der Waals surface area (Å²) in [6.07, 6.45) is 0.732. The molecule has 3 atom stereocenters. The van der Waals surface area contributed by atoms with Gasteiger partial charge in [-0.3, -0.25) is 9.63 Å². The lowest BCUT2D eigenvalue weighted by molar-refractivity contribution is -0.171. The maximum absolute atomic E-state index is 11.9. The molecule has 158 valence electrons. The van der Waals surface area contributed by atoms with Crippen molar-refractivity contribution in [3.8, 4) is 5.75 Å². The highest BCUT2D eigenvalue weighted by molar-refractivity contribution is 5.75. The molecule has 0 radical (unpaired) electrons. The molecule has 0 aromatic heterocycles. The summed E-state index contributed by atoms with van der Waals surface area (Å²) in [5.74, 6) is 0.253. The van der Waals surface area contributed by atoms with Crippen molar-refractivity contribution in [1.82, 2.24) is 5.06 Å². The Hall–Kier alpha value is -1.93. The van der Waals surface area contributed by atoms with Crippen LogP contribution in [0.3, 0.4) is 0 Å². The van der Waals surface area contributed by atoms with Crippen LogP contribution in [0.15, 0.2) is 35.9 Å². The van der Waals surface area contributed by atoms with Crippen molar-refractivity contribution < 1.29 is 28.9 Å². The average molecular weight is 395 g/mol. The van der Waals surface area contributed by atoms with Crippen LogP contribution >= 0.6 is 0 Å². The minimum Gasteiger partial charge on any atom is -0.497 e. The molecular formula is C21H33NO6. The quantitative estimate of drug-likeness (QED) is 0.333. The summed E-state index contributed by atoms with van der Waals surface area (Å²) < 4.78 is 16.4. The first kappa shape index (κ1) is 24.1. The largest absolute Gasteiger partial charge is 0.497 e. The Morgan fingerprint density at radius 1 is 1.21 bits per heavy atom. The van der Waals surface area contributed by atoms with E-state index < -0.39 is 6.10 Å². The lowest BCUT2D eigenvalue weighted by Crippen LogP contribution is -2.36. The van der Waals surface area contributed by atoms with E-state index in [4.69, 9.17) is 19.0 Å². The number of amides is 1. The molecule has 0 aliphatic heterocycles. The van der Waals surface area contributed by atoms with Crippen molar-refractivity contribution in [2.75, 3.05) is 35.0 Å². The molecule has 1 aromatic carbocycles. The van der Waals surface area contributed by atoms with Gasteiger partial charge >= 0.3 is 0 Å². The third-order valence-electron chi connectivity index (χ3n) is 4.75. The molecule has 1 N–H and O–H groups in total. The SMILES string of the molecule is COc1ccc(COC/C=C(\C)[C@H](OC)[C@@H](C)[C@@H](O)CC(=O)N(C)OC)cc1. The zero-order valence-electron chi connectivity index (χ0n) is 17.7. The second kappa shape index (κ2) is 12.5. The Bertz CT molecular complexity index is 616. The van der Waals surface area contributed by atoms with Crippen LogP contribution in [0.4, 0.5) is 0 Å². The van der Waals surface area contributed by atoms with E-state index in [2.05, 4.69) is 0 Å². The minimum atomic E-state index is -0.849. The summed E-state index contributed by atoms with van der Waals surface area (Å²) in [5, 5.41) is 11.5. The van der Waals surface area contributed by atoms with Crippen molar-refractivity contribution >= 4 is 5.91 Å². The van der Waals surface area contributed by atoms with Crippen LogP contribution in [0.5, 0.6) is 5.75 Å². The summed E-state index contributed by atoms with van der Waals surface area (Å²) in [5.41, 5.74) is 2.00. The number of carbonyl (C=O) groups is 1. The molecule has 0 saturated heterocycles. The van der Waals surface area contributed by atoms with Gasteiger partial charge in [-0.25, -0.2) is 5.06 Å². The third-order valence-corrected chi connectivity index (χ3v) is 4.75. The second-order valence-electron chi connectivity index (χ2n) is 6.67. The van der Waals surface area contributed by atoms with Crippen molar-refractivity contribution in [2.24, 2.45) is 5.92 Å². The Morgan fingerprint density at radius 3 is 2.39 bits per heavy atom. The number of hydrogen-bond acceptors (Lipinski definition) is 6. The topological polar surface area (TPSA) is 77.5 Å². The molecule has 7 heteroatoms. The van der Waals surface area contributed by atoms with Gasteiger partial charge in [0.15, 0.2) is 0 Å². The zero-order chi connectivity index (χ0) is 21.1. The fourth-order valence-corrected chi connectivity index (χ4v) is 2.82. The number of hydroxylamine groups is 2. The van der Waals surface area contributed by atoms with E-state index in [1.54, 1.807) is 14.2 Å². The Balaban J connectivity index is 2.55. The van der Waals surface area contributed by atoms with E-state index in [9.17, 15) is 9.90 Å². The molecule has 0 fully saturated rings. The van der Waals surface area contributed by atoms with Gasteiger partial charge in [-0.15, -0.1) is 0 Å². The highest BCUT2D eigenvalue weighted by Gasteiger charge is 2.28. The maximum atomic E-state index is 11.9. The van der Waals surface area contributed by atoms with E-state index >= 15 is 0 Å². The number of rotatable bonds is 12. The first-order valence-electron chi connectivity index (χ1n) is 9.22. The Labute approximate surface area is 167 Å². The number of ether oxygens (including phenoxy) is 3. The van der Waals surface area contributed by atoms with Crippen LogP contribution in [0.2, 0.25) is 0 Å². The summed E-state index contributed by atoms with van der Waals surface area (Å²) in [4.78, 5) is 16.8. The lowest BCUT2D eigenvalue weighted by Gasteiger charge is -2.28. The summed E-state index contributed by atoms with van der Waals surface area (Å²) >= 11 is 0. The van der Waals surface area contributed by atoms with Gasteiger partial charge in [0.25, 0.3) is 0 Å². The van der Waals surface area contributed by atoms with Gasteiger partial charge in [0.05, 0.1) is 46.1 Å². The average Bonchev–Trinajstić information content (AvgIpc) is 2.71. The predicted octanol–water partition coefficient (Wildman–Crippen LogP) is 2.58. The molecule has 1 aromatic rings. The number of nitrogens with zero attached hydrogens (tertiary/aromatic N) is 1. The highest BCUT2D eigenvalue weighted by Crippen LogP contribution is 2.21. The Kier molecular flexibility index (Phi) is 10.8. The van der Waals surface area contributed by atoms with Crippen molar-refractivity contribution in [2.45, 2.75) is 39.1 Å². The van der Waals surface area contributed by atoms with Crippen LogP contribution < -0.4 is 4.74 Å². The van der Waals surface area contributed by atoms with Crippen molar-refractivity contribution in [3.63, 3.8) is 0 Å². The molecule has 0 spiro atoms. The van der Waals surface area contributed by atoms with Gasteiger partial charge in [0.1, 0.15) is 5.75 Å². The zero-order valence-corrected chi connectivity index (χ0v) is 17.7. The summed E-state index contributed by atoms with van der Waals surface area (Å²) in [6.45, 7) is 4.69. The van der Waals surface area contributed by atoms with Gasteiger partial charge < -0.3 is 19.3 Å². The van der Waals surface area contributed by atoms with Crippen molar-refractivity contribution in [3.05, 3.63) is 41.5 Å². The predicted molar refractivity (Wildman–Crippen MR) is 107 cm³/mol. The number of aliphatic hydroxyl groups is 1. The van der Waals surface area contributed by atoms with E-state index in [0.717, 1.165) is 21.9 Å². The molecule has 7 nitrogen and oxygen atoms in total. The van der Waals surface area contributed by atoms with Crippen LogP contribution in [-0.4, -0.2) is 63.3 Å². The van der Waals surface area contributed by atoms with Crippen LogP contribution in [0, 0.1) is 5.92 Å². The van der Waals surface area contributed by atoms with Gasteiger partial charge in [-0.2, -0.15) is 0 Å². The number of aliphatic hydroxyl groups excluding tert-OH is 1. The summed E-state index contributed by atoms with van der Waals surface area (Å²) in [7, 11) is 6.14. The molecule has 1 rings (SSSR count). The van der Waals surface area contributed by atoms with Crippen molar-refractivity contribution in [1.29, 1.82) is 0 Å². The molecule has 1 amide bonds. The van der Waals surface area contributed by atoms with E-state index in [1.165, 1.54) is 14.2 Å². The van der Waals surface area contributed by atoms with E-state index in [0.29, 0.717) is 13.2 Å². The lowest BCUT2D eigenvalue weighted by atomic mass is 9.91. The second-order valence-corrected chi connectivity index (χ2v) is 6.67. The number of benzene rings is 1. The molecule has 0 saturated carbocycles. The first-order valence-corrected chi connectivity index (χ1v) is 9.22. The smallest absolute Gasteiger partial charge is 0.248 e. The Morgan fingerprint density at radius 2 is 1.86 bits per heavy atom.